The Hall–Kier alpha value is -1.69. The maximum absolute atomic E-state index is 12.9. The van der Waals surface area contributed by atoms with E-state index in [-0.39, 0.29) is 12.0 Å². The first-order valence-corrected chi connectivity index (χ1v) is 6.72. The molecule has 0 unspecified atom stereocenters. The lowest BCUT2D eigenvalue weighted by Gasteiger charge is -2.22. The highest BCUT2D eigenvalue weighted by molar-refractivity contribution is 5.77. The van der Waals surface area contributed by atoms with Crippen molar-refractivity contribution in [3.63, 3.8) is 0 Å². The summed E-state index contributed by atoms with van der Waals surface area (Å²) in [4.78, 5) is 11.5. The average molecular weight is 300 g/mol. The van der Waals surface area contributed by atoms with Crippen molar-refractivity contribution in [1.82, 2.24) is 5.32 Å². The molecular weight excluding hydrogens is 278 g/mol. The zero-order chi connectivity index (χ0) is 16.1. The number of ether oxygens (including phenoxy) is 1. The number of hydrogen-bond acceptors (Lipinski definition) is 3. The lowest BCUT2D eigenvalue weighted by molar-refractivity contribution is -0.124. The molecule has 0 atom stereocenters. The highest BCUT2D eigenvalue weighted by Gasteiger charge is 2.27. The zero-order valence-corrected chi connectivity index (χ0v) is 12.6. The fourth-order valence-electron chi connectivity index (χ4n) is 1.71. The third-order valence-corrected chi connectivity index (χ3v) is 2.90. The van der Waals surface area contributed by atoms with E-state index < -0.39 is 24.9 Å². The van der Waals surface area contributed by atoms with Crippen LogP contribution in [0.1, 0.15) is 26.3 Å². The molecule has 3 N–H and O–H groups in total. The van der Waals surface area contributed by atoms with Gasteiger partial charge >= 0.3 is 0 Å². The summed E-state index contributed by atoms with van der Waals surface area (Å²) in [6.45, 7) is 4.17. The van der Waals surface area contributed by atoms with E-state index in [1.54, 1.807) is 12.1 Å². The largest absolute Gasteiger partial charge is 0.483 e. The van der Waals surface area contributed by atoms with E-state index in [4.69, 9.17) is 10.5 Å². The van der Waals surface area contributed by atoms with E-state index in [1.807, 2.05) is 32.9 Å². The minimum atomic E-state index is -3.10. The molecule has 0 saturated heterocycles. The van der Waals surface area contributed by atoms with Crippen LogP contribution in [-0.4, -0.2) is 31.5 Å². The highest BCUT2D eigenvalue weighted by Crippen LogP contribution is 2.30. The monoisotopic (exact) mass is 300 g/mol. The molecule has 1 aromatic carbocycles. The molecular formula is C15H22F2N2O2. The summed E-state index contributed by atoms with van der Waals surface area (Å²) in [6.07, 6.45) is 0. The summed E-state index contributed by atoms with van der Waals surface area (Å²) in [5, 5.41) is 2.11. The van der Waals surface area contributed by atoms with Gasteiger partial charge in [0.1, 0.15) is 5.75 Å². The molecule has 0 bridgehead atoms. The minimum absolute atomic E-state index is 0.139. The van der Waals surface area contributed by atoms with Gasteiger partial charge in [-0.3, -0.25) is 4.79 Å². The number of alkyl halides is 2. The van der Waals surface area contributed by atoms with Crippen molar-refractivity contribution in [2.75, 3.05) is 19.7 Å². The van der Waals surface area contributed by atoms with Crippen molar-refractivity contribution in [3.8, 4) is 5.75 Å². The molecule has 0 radical (unpaired) electrons. The molecule has 21 heavy (non-hydrogen) atoms. The second-order valence-electron chi connectivity index (χ2n) is 5.87. The van der Waals surface area contributed by atoms with Gasteiger partial charge in [-0.25, -0.2) is 8.78 Å². The van der Waals surface area contributed by atoms with Crippen LogP contribution in [0.15, 0.2) is 24.3 Å². The Morgan fingerprint density at radius 2 is 1.90 bits per heavy atom. The summed E-state index contributed by atoms with van der Waals surface area (Å²) in [7, 11) is 0. The van der Waals surface area contributed by atoms with Gasteiger partial charge in [-0.05, 0) is 17.0 Å². The number of carbonyl (C=O) groups is 1. The molecule has 0 aliphatic carbocycles. The molecule has 4 nitrogen and oxygen atoms in total. The van der Waals surface area contributed by atoms with Gasteiger partial charge in [0, 0.05) is 0 Å². The fourth-order valence-corrected chi connectivity index (χ4v) is 1.71. The predicted octanol–water partition coefficient (Wildman–Crippen LogP) is 2.07. The smallest absolute Gasteiger partial charge is 0.277 e. The van der Waals surface area contributed by atoms with Crippen molar-refractivity contribution < 1.29 is 18.3 Å². The first kappa shape index (κ1) is 17.4. The molecule has 0 aliphatic rings. The number of hydrogen-bond donors (Lipinski definition) is 2. The number of carbonyl (C=O) groups excluding carboxylic acids is 1. The van der Waals surface area contributed by atoms with Crippen LogP contribution in [-0.2, 0) is 10.2 Å². The standard InChI is InChI=1S/C15H22F2N2O2/c1-14(2,3)11-6-4-5-7-12(11)21-8-13(20)19-10-15(16,17)9-18/h4-7H,8-10,18H2,1-3H3,(H,19,20). The molecule has 0 aliphatic heterocycles. The zero-order valence-electron chi connectivity index (χ0n) is 12.6. The Balaban J connectivity index is 2.58. The topological polar surface area (TPSA) is 64.3 Å². The van der Waals surface area contributed by atoms with Crippen LogP contribution in [0.3, 0.4) is 0 Å². The number of rotatable bonds is 6. The third kappa shape index (κ3) is 5.67. The fraction of sp³-hybridized carbons (Fsp3) is 0.533. The van der Waals surface area contributed by atoms with Crippen LogP contribution in [0.4, 0.5) is 8.78 Å². The molecule has 0 spiro atoms. The van der Waals surface area contributed by atoms with Gasteiger partial charge in [0.15, 0.2) is 6.61 Å². The normalized spacial score (nSPS) is 12.1. The van der Waals surface area contributed by atoms with Crippen molar-refractivity contribution >= 4 is 5.91 Å². The van der Waals surface area contributed by atoms with Gasteiger partial charge in [0.25, 0.3) is 11.8 Å². The molecule has 0 fully saturated rings. The summed E-state index contributed by atoms with van der Waals surface area (Å²) in [5.74, 6) is -3.13. The van der Waals surface area contributed by atoms with E-state index >= 15 is 0 Å². The Bertz CT molecular complexity index is 485. The first-order valence-electron chi connectivity index (χ1n) is 6.72. The number of amides is 1. The van der Waals surface area contributed by atoms with Gasteiger partial charge in [-0.15, -0.1) is 0 Å². The van der Waals surface area contributed by atoms with Crippen LogP contribution in [0.25, 0.3) is 0 Å². The van der Waals surface area contributed by atoms with Gasteiger partial charge in [0.2, 0.25) is 0 Å². The predicted molar refractivity (Wildman–Crippen MR) is 77.6 cm³/mol. The first-order chi connectivity index (χ1) is 9.65. The van der Waals surface area contributed by atoms with Gasteiger partial charge < -0.3 is 15.8 Å². The van der Waals surface area contributed by atoms with Gasteiger partial charge in [0.05, 0.1) is 13.1 Å². The van der Waals surface area contributed by atoms with E-state index in [0.29, 0.717) is 5.75 Å². The van der Waals surface area contributed by atoms with E-state index in [9.17, 15) is 13.6 Å². The Morgan fingerprint density at radius 1 is 1.29 bits per heavy atom. The van der Waals surface area contributed by atoms with Crippen molar-refractivity contribution in [3.05, 3.63) is 29.8 Å². The number of benzene rings is 1. The van der Waals surface area contributed by atoms with E-state index in [1.165, 1.54) is 0 Å². The Morgan fingerprint density at radius 3 is 2.48 bits per heavy atom. The van der Waals surface area contributed by atoms with E-state index in [2.05, 4.69) is 5.32 Å². The minimum Gasteiger partial charge on any atom is -0.483 e. The molecule has 0 aromatic heterocycles. The van der Waals surface area contributed by atoms with Crippen LogP contribution < -0.4 is 15.8 Å². The van der Waals surface area contributed by atoms with Crippen LogP contribution >= 0.6 is 0 Å². The lowest BCUT2D eigenvalue weighted by atomic mass is 9.86. The van der Waals surface area contributed by atoms with Crippen LogP contribution in [0.2, 0.25) is 0 Å². The summed E-state index contributed by atoms with van der Waals surface area (Å²) in [6, 6.07) is 7.35. The quantitative estimate of drug-likeness (QED) is 0.845. The lowest BCUT2D eigenvalue weighted by Crippen LogP contribution is -2.43. The maximum Gasteiger partial charge on any atom is 0.277 e. The average Bonchev–Trinajstić information content (AvgIpc) is 2.42. The Labute approximate surface area is 123 Å². The number of halogens is 2. The third-order valence-electron chi connectivity index (χ3n) is 2.90. The van der Waals surface area contributed by atoms with E-state index in [0.717, 1.165) is 5.56 Å². The van der Waals surface area contributed by atoms with Crippen molar-refractivity contribution in [2.24, 2.45) is 5.73 Å². The molecule has 0 saturated carbocycles. The second-order valence-corrected chi connectivity index (χ2v) is 5.87. The van der Waals surface area contributed by atoms with Gasteiger partial charge in [-0.2, -0.15) is 0 Å². The van der Waals surface area contributed by atoms with Crippen molar-refractivity contribution in [2.45, 2.75) is 32.1 Å². The summed E-state index contributed by atoms with van der Waals surface area (Å²) in [5.41, 5.74) is 5.70. The second kappa shape index (κ2) is 6.85. The highest BCUT2D eigenvalue weighted by atomic mass is 19.3. The molecule has 118 valence electrons. The van der Waals surface area contributed by atoms with Crippen LogP contribution in [0, 0.1) is 0 Å². The molecule has 6 heteroatoms. The van der Waals surface area contributed by atoms with Crippen molar-refractivity contribution in [1.29, 1.82) is 0 Å². The maximum atomic E-state index is 12.9. The van der Waals surface area contributed by atoms with Crippen LogP contribution in [0.5, 0.6) is 5.75 Å². The number of nitrogens with two attached hydrogens (primary N) is 1. The SMILES string of the molecule is CC(C)(C)c1ccccc1OCC(=O)NCC(F)(F)CN. The summed E-state index contributed by atoms with van der Waals surface area (Å²) < 4.78 is 31.3. The van der Waals surface area contributed by atoms with Gasteiger partial charge in [-0.1, -0.05) is 39.0 Å². The summed E-state index contributed by atoms with van der Waals surface area (Å²) >= 11 is 0. The Kier molecular flexibility index (Phi) is 5.66. The molecule has 1 amide bonds. The number of para-hydroxylation sites is 1. The molecule has 1 aromatic rings. The number of nitrogens with one attached hydrogen (secondary N) is 1. The molecule has 0 heterocycles. The molecule has 1 rings (SSSR count).